The first-order valence-corrected chi connectivity index (χ1v) is 11.2. The molecule has 5 rings (SSSR count). The third-order valence-electron chi connectivity index (χ3n) is 7.72. The third-order valence-corrected chi connectivity index (χ3v) is 7.72. The first-order valence-electron chi connectivity index (χ1n) is 11.2. The third kappa shape index (κ3) is 3.55. The summed E-state index contributed by atoms with van der Waals surface area (Å²) in [6, 6.07) is 17.5. The van der Waals surface area contributed by atoms with Crippen molar-refractivity contribution in [1.82, 2.24) is 4.90 Å². The second-order valence-electron chi connectivity index (χ2n) is 9.20. The van der Waals surface area contributed by atoms with Crippen LogP contribution in [0.3, 0.4) is 0 Å². The van der Waals surface area contributed by atoms with Gasteiger partial charge in [0.15, 0.2) is 0 Å². The van der Waals surface area contributed by atoms with E-state index < -0.39 is 0 Å². The standard InChI is InChI=1S/C26H30N2O/c1-29-26-9-8-22(20-5-2-18(17-27)3-6-20)16-24(26)21-10-12-28(13-11-21)25-15-19-4-7-23(25)14-19/h2-3,5-6,8-9,16,19,21,23,25H,4,7,10-15H2,1H3/t19-,23-,25-/m0/s1. The fraction of sp³-hybridized carbons (Fsp3) is 0.500. The molecule has 2 saturated carbocycles. The number of hydrogen-bond donors (Lipinski definition) is 0. The summed E-state index contributed by atoms with van der Waals surface area (Å²) in [6.45, 7) is 2.45. The van der Waals surface area contributed by atoms with Crippen molar-refractivity contribution in [2.45, 2.75) is 50.5 Å². The highest BCUT2D eigenvalue weighted by atomic mass is 16.5. The molecule has 3 fully saturated rings. The highest BCUT2D eigenvalue weighted by molar-refractivity contribution is 5.67. The van der Waals surface area contributed by atoms with Crippen molar-refractivity contribution in [3.63, 3.8) is 0 Å². The predicted molar refractivity (Wildman–Crippen MR) is 116 cm³/mol. The van der Waals surface area contributed by atoms with Gasteiger partial charge in [0, 0.05) is 6.04 Å². The summed E-state index contributed by atoms with van der Waals surface area (Å²) in [4.78, 5) is 2.80. The van der Waals surface area contributed by atoms with E-state index in [2.05, 4.69) is 29.2 Å². The molecule has 1 aliphatic heterocycles. The van der Waals surface area contributed by atoms with Crippen LogP contribution >= 0.6 is 0 Å². The van der Waals surface area contributed by atoms with Gasteiger partial charge in [-0.05, 0) is 104 Å². The number of benzene rings is 2. The molecule has 3 heteroatoms. The molecule has 3 nitrogen and oxygen atoms in total. The van der Waals surface area contributed by atoms with Gasteiger partial charge in [0.1, 0.15) is 5.75 Å². The molecule has 150 valence electrons. The Hall–Kier alpha value is -2.31. The average molecular weight is 387 g/mol. The molecule has 0 amide bonds. The molecular formula is C26H30N2O. The molecule has 29 heavy (non-hydrogen) atoms. The second kappa shape index (κ2) is 7.84. The summed E-state index contributed by atoms with van der Waals surface area (Å²) in [6.07, 6.45) is 8.34. The molecule has 0 aromatic heterocycles. The Morgan fingerprint density at radius 2 is 1.69 bits per heavy atom. The number of methoxy groups -OCH3 is 1. The lowest BCUT2D eigenvalue weighted by atomic mass is 9.85. The Morgan fingerprint density at radius 3 is 2.31 bits per heavy atom. The van der Waals surface area contributed by atoms with Crippen molar-refractivity contribution < 1.29 is 4.74 Å². The minimum atomic E-state index is 0.568. The van der Waals surface area contributed by atoms with E-state index in [1.54, 1.807) is 7.11 Å². The Balaban J connectivity index is 1.33. The first-order chi connectivity index (χ1) is 14.2. The lowest BCUT2D eigenvalue weighted by Crippen LogP contribution is -2.43. The van der Waals surface area contributed by atoms with Gasteiger partial charge >= 0.3 is 0 Å². The van der Waals surface area contributed by atoms with Crippen LogP contribution in [0.15, 0.2) is 42.5 Å². The van der Waals surface area contributed by atoms with Crippen LogP contribution in [0.4, 0.5) is 0 Å². The molecule has 0 radical (unpaired) electrons. The van der Waals surface area contributed by atoms with Crippen molar-refractivity contribution in [3.05, 3.63) is 53.6 Å². The van der Waals surface area contributed by atoms with Gasteiger partial charge in [-0.1, -0.05) is 24.6 Å². The minimum absolute atomic E-state index is 0.568. The zero-order valence-corrected chi connectivity index (χ0v) is 17.3. The fourth-order valence-electron chi connectivity index (χ4n) is 6.17. The molecule has 1 saturated heterocycles. The predicted octanol–water partition coefficient (Wildman–Crippen LogP) is 5.60. The van der Waals surface area contributed by atoms with Gasteiger partial charge < -0.3 is 9.64 Å². The number of rotatable bonds is 4. The number of nitrogens with zero attached hydrogens (tertiary/aromatic N) is 2. The highest BCUT2D eigenvalue weighted by Crippen LogP contribution is 2.48. The van der Waals surface area contributed by atoms with Crippen LogP contribution in [-0.2, 0) is 0 Å². The maximum Gasteiger partial charge on any atom is 0.122 e. The van der Waals surface area contributed by atoms with Gasteiger partial charge in [-0.2, -0.15) is 5.26 Å². The average Bonchev–Trinajstić information content (AvgIpc) is 3.43. The van der Waals surface area contributed by atoms with E-state index in [9.17, 15) is 0 Å². The van der Waals surface area contributed by atoms with Crippen LogP contribution in [-0.4, -0.2) is 31.1 Å². The number of fused-ring (bicyclic) bond motifs is 2. The zero-order valence-electron chi connectivity index (χ0n) is 17.3. The molecular weight excluding hydrogens is 356 g/mol. The summed E-state index contributed by atoms with van der Waals surface area (Å²) < 4.78 is 5.74. The Bertz CT molecular complexity index is 905. The van der Waals surface area contributed by atoms with E-state index in [1.807, 2.05) is 24.3 Å². The molecule has 0 spiro atoms. The number of likely N-dealkylation sites (tertiary alicyclic amines) is 1. The van der Waals surface area contributed by atoms with E-state index in [0.29, 0.717) is 11.5 Å². The van der Waals surface area contributed by atoms with Crippen LogP contribution in [0.25, 0.3) is 11.1 Å². The second-order valence-corrected chi connectivity index (χ2v) is 9.20. The molecule has 2 aliphatic carbocycles. The minimum Gasteiger partial charge on any atom is -0.496 e. The van der Waals surface area contributed by atoms with Gasteiger partial charge in [0.25, 0.3) is 0 Å². The van der Waals surface area contributed by atoms with E-state index in [-0.39, 0.29) is 0 Å². The van der Waals surface area contributed by atoms with Crippen LogP contribution < -0.4 is 4.74 Å². The normalized spacial score (nSPS) is 27.1. The van der Waals surface area contributed by atoms with Crippen molar-refractivity contribution in [2.24, 2.45) is 11.8 Å². The topological polar surface area (TPSA) is 36.3 Å². The summed E-state index contributed by atoms with van der Waals surface area (Å²) in [7, 11) is 1.78. The van der Waals surface area contributed by atoms with Crippen LogP contribution in [0.2, 0.25) is 0 Å². The lowest BCUT2D eigenvalue weighted by Gasteiger charge is -2.40. The number of hydrogen-bond acceptors (Lipinski definition) is 3. The molecule has 3 atom stereocenters. The lowest BCUT2D eigenvalue weighted by molar-refractivity contribution is 0.110. The molecule has 0 N–H and O–H groups in total. The SMILES string of the molecule is COc1ccc(-c2ccc(C#N)cc2)cc1C1CCN([C@H]2C[C@H]3CC[C@H]2C3)CC1. The Morgan fingerprint density at radius 1 is 0.931 bits per heavy atom. The van der Waals surface area contributed by atoms with Crippen LogP contribution in [0, 0.1) is 23.2 Å². The van der Waals surface area contributed by atoms with Gasteiger partial charge in [-0.3, -0.25) is 0 Å². The van der Waals surface area contributed by atoms with E-state index >= 15 is 0 Å². The van der Waals surface area contributed by atoms with Crippen molar-refractivity contribution in [3.8, 4) is 22.9 Å². The van der Waals surface area contributed by atoms with Crippen molar-refractivity contribution in [1.29, 1.82) is 5.26 Å². The van der Waals surface area contributed by atoms with Crippen LogP contribution in [0.1, 0.15) is 55.6 Å². The maximum atomic E-state index is 9.05. The number of nitriles is 1. The largest absolute Gasteiger partial charge is 0.496 e. The Kier molecular flexibility index (Phi) is 5.06. The molecule has 2 aromatic rings. The molecule has 3 aliphatic rings. The monoisotopic (exact) mass is 386 g/mol. The number of piperidine rings is 1. The Labute approximate surface area is 174 Å². The molecule has 1 heterocycles. The molecule has 2 bridgehead atoms. The maximum absolute atomic E-state index is 9.05. The highest BCUT2D eigenvalue weighted by Gasteiger charge is 2.43. The van der Waals surface area contributed by atoms with Crippen LogP contribution in [0.5, 0.6) is 5.75 Å². The van der Waals surface area contributed by atoms with E-state index in [1.165, 1.54) is 62.7 Å². The molecule has 0 unspecified atom stereocenters. The summed E-state index contributed by atoms with van der Waals surface area (Å²) in [5.41, 5.74) is 4.42. The number of ether oxygens (including phenoxy) is 1. The summed E-state index contributed by atoms with van der Waals surface area (Å²) >= 11 is 0. The van der Waals surface area contributed by atoms with Crippen molar-refractivity contribution >= 4 is 0 Å². The molecule has 2 aromatic carbocycles. The first kappa shape index (κ1) is 18.7. The smallest absolute Gasteiger partial charge is 0.122 e. The zero-order chi connectivity index (χ0) is 19.8. The van der Waals surface area contributed by atoms with E-state index in [4.69, 9.17) is 10.00 Å². The quantitative estimate of drug-likeness (QED) is 0.686. The van der Waals surface area contributed by atoms with Gasteiger partial charge in [-0.15, -0.1) is 0 Å². The van der Waals surface area contributed by atoms with Gasteiger partial charge in [0.2, 0.25) is 0 Å². The van der Waals surface area contributed by atoms with Gasteiger partial charge in [0.05, 0.1) is 18.7 Å². The van der Waals surface area contributed by atoms with Gasteiger partial charge in [-0.25, -0.2) is 0 Å². The summed E-state index contributed by atoms with van der Waals surface area (Å²) in [5.74, 6) is 3.58. The van der Waals surface area contributed by atoms with Crippen molar-refractivity contribution in [2.75, 3.05) is 20.2 Å². The fourth-order valence-corrected chi connectivity index (χ4v) is 6.17. The van der Waals surface area contributed by atoms with E-state index in [0.717, 1.165) is 29.2 Å². The summed E-state index contributed by atoms with van der Waals surface area (Å²) in [5, 5.41) is 9.05.